The van der Waals surface area contributed by atoms with Crippen molar-refractivity contribution in [3.63, 3.8) is 0 Å². The maximum atomic E-state index is 11.2. The molecular weight excluding hydrogens is 428 g/mol. The van der Waals surface area contributed by atoms with Crippen LogP contribution in [0.2, 0.25) is 5.02 Å². The van der Waals surface area contributed by atoms with Crippen molar-refractivity contribution in [3.8, 4) is 28.2 Å². The highest BCUT2D eigenvalue weighted by molar-refractivity contribution is 7.99. The van der Waals surface area contributed by atoms with Gasteiger partial charge in [0.25, 0.3) is 0 Å². The molecule has 0 aliphatic heterocycles. The molecule has 0 fully saturated rings. The monoisotopic (exact) mass is 440 g/mol. The molecule has 0 saturated carbocycles. The molecule has 0 spiro atoms. The molecule has 0 aliphatic rings. The molecule has 9 nitrogen and oxygen atoms in total. The first-order chi connectivity index (χ1) is 14.5. The SMILES string of the molecule is O=Nc1cc(-c2cnn(-c3cccc(Cl)c3)c2)cc(-c2nc(SCC(=O)O)n[nH]2)c1. The van der Waals surface area contributed by atoms with Gasteiger partial charge in [-0.15, -0.1) is 10.0 Å². The Kier molecular flexibility index (Phi) is 5.59. The Morgan fingerprint density at radius 3 is 2.80 bits per heavy atom. The van der Waals surface area contributed by atoms with Crippen LogP contribution in [-0.2, 0) is 4.79 Å². The second-order valence-electron chi connectivity index (χ2n) is 6.16. The predicted octanol–water partition coefficient (Wildman–Crippen LogP) is 4.55. The van der Waals surface area contributed by atoms with Gasteiger partial charge in [0.15, 0.2) is 5.82 Å². The van der Waals surface area contributed by atoms with Gasteiger partial charge in [-0.1, -0.05) is 29.4 Å². The Balaban J connectivity index is 1.67. The van der Waals surface area contributed by atoms with Gasteiger partial charge in [0.2, 0.25) is 5.16 Å². The lowest BCUT2D eigenvalue weighted by molar-refractivity contribution is -0.133. The Morgan fingerprint density at radius 2 is 2.03 bits per heavy atom. The molecule has 0 saturated heterocycles. The Labute approximate surface area is 179 Å². The zero-order valence-electron chi connectivity index (χ0n) is 15.2. The van der Waals surface area contributed by atoms with Gasteiger partial charge in [0, 0.05) is 22.3 Å². The number of thioether (sulfide) groups is 1. The minimum Gasteiger partial charge on any atom is -0.481 e. The summed E-state index contributed by atoms with van der Waals surface area (Å²) in [4.78, 5) is 26.2. The van der Waals surface area contributed by atoms with E-state index in [2.05, 4.69) is 25.5 Å². The first-order valence-corrected chi connectivity index (χ1v) is 9.95. The highest BCUT2D eigenvalue weighted by Crippen LogP contribution is 2.31. The summed E-state index contributed by atoms with van der Waals surface area (Å²) in [6.45, 7) is 0. The van der Waals surface area contributed by atoms with Crippen LogP contribution in [0.3, 0.4) is 0 Å². The highest BCUT2D eigenvalue weighted by atomic mass is 35.5. The molecule has 0 aliphatic carbocycles. The van der Waals surface area contributed by atoms with Gasteiger partial charge in [-0.3, -0.25) is 9.89 Å². The zero-order chi connectivity index (χ0) is 21.1. The summed E-state index contributed by atoms with van der Waals surface area (Å²) in [6.07, 6.45) is 3.48. The van der Waals surface area contributed by atoms with Gasteiger partial charge in [-0.25, -0.2) is 9.67 Å². The first kappa shape index (κ1) is 19.8. The van der Waals surface area contributed by atoms with Crippen LogP contribution in [0.4, 0.5) is 5.69 Å². The number of aromatic amines is 1. The second-order valence-corrected chi connectivity index (χ2v) is 7.54. The minimum atomic E-state index is -0.961. The van der Waals surface area contributed by atoms with Crippen molar-refractivity contribution in [1.29, 1.82) is 0 Å². The molecule has 4 rings (SSSR count). The number of aromatic nitrogens is 5. The number of carboxylic acids is 1. The third kappa shape index (κ3) is 4.39. The van der Waals surface area contributed by atoms with Crippen LogP contribution in [0.25, 0.3) is 28.2 Å². The van der Waals surface area contributed by atoms with Gasteiger partial charge in [-0.2, -0.15) is 5.10 Å². The van der Waals surface area contributed by atoms with E-state index in [1.165, 1.54) is 0 Å². The molecule has 0 atom stereocenters. The number of halogens is 1. The van der Waals surface area contributed by atoms with Crippen molar-refractivity contribution in [1.82, 2.24) is 25.0 Å². The summed E-state index contributed by atoms with van der Waals surface area (Å²) in [7, 11) is 0. The van der Waals surface area contributed by atoms with Crippen LogP contribution in [0.5, 0.6) is 0 Å². The van der Waals surface area contributed by atoms with Crippen molar-refractivity contribution in [2.45, 2.75) is 5.16 Å². The maximum absolute atomic E-state index is 11.2. The van der Waals surface area contributed by atoms with Crippen LogP contribution >= 0.6 is 23.4 Å². The summed E-state index contributed by atoms with van der Waals surface area (Å²) in [5, 5.41) is 23.8. The molecule has 0 bridgehead atoms. The number of nitroso groups, excluding NO2 is 1. The topological polar surface area (TPSA) is 126 Å². The lowest BCUT2D eigenvalue weighted by atomic mass is 10.0. The number of rotatable bonds is 7. The fourth-order valence-corrected chi connectivity index (χ4v) is 3.47. The van der Waals surface area contributed by atoms with Gasteiger partial charge < -0.3 is 5.11 Å². The van der Waals surface area contributed by atoms with Crippen LogP contribution in [0.1, 0.15) is 0 Å². The second kappa shape index (κ2) is 8.47. The molecule has 0 amide bonds. The number of hydrogen-bond acceptors (Lipinski definition) is 7. The number of nitrogens with zero attached hydrogens (tertiary/aromatic N) is 5. The van der Waals surface area contributed by atoms with E-state index in [4.69, 9.17) is 16.7 Å². The average molecular weight is 441 g/mol. The van der Waals surface area contributed by atoms with Crippen LogP contribution in [0, 0.1) is 4.91 Å². The van der Waals surface area contributed by atoms with Gasteiger partial charge in [0.05, 0.1) is 17.6 Å². The molecule has 2 N–H and O–H groups in total. The third-order valence-corrected chi connectivity index (χ3v) is 5.14. The van der Waals surface area contributed by atoms with Crippen molar-refractivity contribution >= 4 is 35.0 Å². The fourth-order valence-electron chi connectivity index (χ4n) is 2.77. The molecule has 0 radical (unpaired) electrons. The summed E-state index contributed by atoms with van der Waals surface area (Å²) in [5.74, 6) is -0.712. The Hall–Kier alpha value is -3.50. The van der Waals surface area contributed by atoms with Crippen molar-refractivity contribution in [2.75, 3.05) is 5.75 Å². The number of carbonyl (C=O) groups is 1. The highest BCUT2D eigenvalue weighted by Gasteiger charge is 2.13. The Bertz CT molecular complexity index is 1240. The molecule has 2 aromatic carbocycles. The Morgan fingerprint density at radius 1 is 1.20 bits per heavy atom. The number of carboxylic acid groups (broad SMARTS) is 1. The standard InChI is InChI=1S/C19H13ClN6O3S/c20-14-2-1-3-16(7-14)26-9-13(8-21-26)11-4-12(6-15(5-11)25-29)18-22-19(24-23-18)30-10-17(27)28/h1-9H,10H2,(H,27,28)(H,22,23,24). The molecule has 2 aromatic heterocycles. The smallest absolute Gasteiger partial charge is 0.313 e. The number of H-pyrrole nitrogens is 1. The molecule has 4 aromatic rings. The van der Waals surface area contributed by atoms with E-state index in [0.717, 1.165) is 23.0 Å². The van der Waals surface area contributed by atoms with Crippen molar-refractivity contribution in [3.05, 3.63) is 64.8 Å². The first-order valence-electron chi connectivity index (χ1n) is 8.58. The minimum absolute atomic E-state index is 0.152. The summed E-state index contributed by atoms with van der Waals surface area (Å²) < 4.78 is 1.68. The van der Waals surface area contributed by atoms with Crippen LogP contribution in [-0.4, -0.2) is 41.8 Å². The quantitative estimate of drug-likeness (QED) is 0.318. The van der Waals surface area contributed by atoms with E-state index < -0.39 is 5.97 Å². The molecule has 2 heterocycles. The number of benzene rings is 2. The van der Waals surface area contributed by atoms with Gasteiger partial charge in [0.1, 0.15) is 5.69 Å². The van der Waals surface area contributed by atoms with Crippen LogP contribution in [0.15, 0.2) is 65.2 Å². The number of aliphatic carboxylic acids is 1. The maximum Gasteiger partial charge on any atom is 0.313 e. The molecule has 0 unspecified atom stereocenters. The van der Waals surface area contributed by atoms with Crippen LogP contribution < -0.4 is 0 Å². The zero-order valence-corrected chi connectivity index (χ0v) is 16.8. The summed E-state index contributed by atoms with van der Waals surface area (Å²) in [5.41, 5.74) is 3.09. The molecular formula is C19H13ClN6O3S. The van der Waals surface area contributed by atoms with E-state index in [1.54, 1.807) is 35.1 Å². The average Bonchev–Trinajstić information content (AvgIpc) is 3.42. The van der Waals surface area contributed by atoms with Crippen molar-refractivity contribution < 1.29 is 9.90 Å². The normalized spacial score (nSPS) is 10.8. The largest absolute Gasteiger partial charge is 0.481 e. The molecule has 30 heavy (non-hydrogen) atoms. The number of nitrogens with one attached hydrogen (secondary N) is 1. The van der Waals surface area contributed by atoms with E-state index in [0.29, 0.717) is 27.1 Å². The van der Waals surface area contributed by atoms with Crippen molar-refractivity contribution in [2.24, 2.45) is 5.18 Å². The van der Waals surface area contributed by atoms with Gasteiger partial charge >= 0.3 is 5.97 Å². The van der Waals surface area contributed by atoms with E-state index in [9.17, 15) is 9.70 Å². The fraction of sp³-hybridized carbons (Fsp3) is 0.0526. The lowest BCUT2D eigenvalue weighted by Gasteiger charge is -2.03. The van der Waals surface area contributed by atoms with E-state index >= 15 is 0 Å². The predicted molar refractivity (Wildman–Crippen MR) is 113 cm³/mol. The number of hydrogen-bond donors (Lipinski definition) is 2. The summed E-state index contributed by atoms with van der Waals surface area (Å²) in [6, 6.07) is 12.3. The van der Waals surface area contributed by atoms with Gasteiger partial charge in [-0.05, 0) is 47.1 Å². The molecule has 150 valence electrons. The van der Waals surface area contributed by atoms with E-state index in [1.807, 2.05) is 24.4 Å². The van der Waals surface area contributed by atoms with E-state index in [-0.39, 0.29) is 11.4 Å². The molecule has 11 heteroatoms. The lowest BCUT2D eigenvalue weighted by Crippen LogP contribution is -1.97. The third-order valence-electron chi connectivity index (χ3n) is 4.07. The summed E-state index contributed by atoms with van der Waals surface area (Å²) >= 11 is 7.04.